The summed E-state index contributed by atoms with van der Waals surface area (Å²) in [5, 5.41) is 0. The summed E-state index contributed by atoms with van der Waals surface area (Å²) in [5.74, 6) is 1.82. The van der Waals surface area contributed by atoms with Crippen LogP contribution in [0.4, 0.5) is 0 Å². The van der Waals surface area contributed by atoms with E-state index < -0.39 is 0 Å². The maximum absolute atomic E-state index is 12.5. The van der Waals surface area contributed by atoms with E-state index in [9.17, 15) is 9.59 Å². The van der Waals surface area contributed by atoms with E-state index in [1.54, 1.807) is 84.9 Å². The van der Waals surface area contributed by atoms with Crippen molar-refractivity contribution in [2.75, 3.05) is 0 Å². The average molecular weight is 408 g/mol. The molecule has 150 valence electrons. The van der Waals surface area contributed by atoms with Crippen LogP contribution in [0.15, 0.2) is 110 Å². The highest BCUT2D eigenvalue weighted by Gasteiger charge is 2.19. The van der Waals surface area contributed by atoms with Crippen molar-refractivity contribution in [3.8, 4) is 23.0 Å². The lowest BCUT2D eigenvalue weighted by molar-refractivity contribution is 0.100. The normalized spacial score (nSPS) is 10.8. The highest BCUT2D eigenvalue weighted by atomic mass is 16.4. The Labute approximate surface area is 177 Å². The first-order valence-electron chi connectivity index (χ1n) is 9.69. The van der Waals surface area contributed by atoms with Gasteiger partial charge in [0, 0.05) is 11.1 Å². The van der Waals surface area contributed by atoms with E-state index in [2.05, 4.69) is 0 Å². The molecule has 31 heavy (non-hydrogen) atoms. The monoisotopic (exact) mass is 408 g/mol. The third-order valence-electron chi connectivity index (χ3n) is 4.82. The van der Waals surface area contributed by atoms with Crippen LogP contribution in [0.3, 0.4) is 0 Å². The number of hydrogen-bond acceptors (Lipinski definition) is 5. The van der Waals surface area contributed by atoms with Crippen molar-refractivity contribution in [3.63, 3.8) is 0 Å². The Morgan fingerprint density at radius 2 is 0.774 bits per heavy atom. The first kappa shape index (κ1) is 18.6. The van der Waals surface area contributed by atoms with Crippen LogP contribution >= 0.6 is 0 Å². The lowest BCUT2D eigenvalue weighted by atomic mass is 10.1. The molecular formula is C26H16O5. The van der Waals surface area contributed by atoms with Crippen LogP contribution in [0.25, 0.3) is 23.0 Å². The Morgan fingerprint density at radius 1 is 0.419 bits per heavy atom. The van der Waals surface area contributed by atoms with E-state index in [0.29, 0.717) is 34.2 Å². The second kappa shape index (κ2) is 7.80. The fraction of sp³-hybridized carbons (Fsp3) is 0. The molecule has 3 heterocycles. The fourth-order valence-electron chi connectivity index (χ4n) is 3.25. The van der Waals surface area contributed by atoms with Crippen LogP contribution in [0.2, 0.25) is 0 Å². The van der Waals surface area contributed by atoms with E-state index in [0.717, 1.165) is 0 Å². The molecule has 0 atom stereocenters. The molecular weight excluding hydrogens is 392 g/mol. The molecule has 0 amide bonds. The van der Waals surface area contributed by atoms with Crippen LogP contribution in [-0.4, -0.2) is 11.6 Å². The van der Waals surface area contributed by atoms with Gasteiger partial charge in [-0.05, 0) is 36.4 Å². The number of rotatable bonds is 6. The first-order valence-corrected chi connectivity index (χ1v) is 9.69. The van der Waals surface area contributed by atoms with Gasteiger partial charge in [0.25, 0.3) is 0 Å². The predicted octanol–water partition coefficient (Wildman–Crippen LogP) is 6.26. The molecule has 5 nitrogen and oxygen atoms in total. The molecule has 0 bridgehead atoms. The van der Waals surface area contributed by atoms with Gasteiger partial charge in [-0.1, -0.05) is 60.7 Å². The van der Waals surface area contributed by atoms with Gasteiger partial charge in [-0.3, -0.25) is 9.59 Å². The minimum absolute atomic E-state index is 0.200. The van der Waals surface area contributed by atoms with Crippen LogP contribution in [0, 0.1) is 0 Å². The molecule has 0 radical (unpaired) electrons. The van der Waals surface area contributed by atoms with Crippen molar-refractivity contribution in [1.82, 2.24) is 0 Å². The van der Waals surface area contributed by atoms with E-state index in [1.807, 2.05) is 12.1 Å². The minimum Gasteiger partial charge on any atom is -0.450 e. The largest absolute Gasteiger partial charge is 0.450 e. The molecule has 0 aliphatic rings. The third-order valence-corrected chi connectivity index (χ3v) is 4.82. The summed E-state index contributed by atoms with van der Waals surface area (Å²) < 4.78 is 17.3. The van der Waals surface area contributed by atoms with Gasteiger partial charge in [0.05, 0.1) is 0 Å². The molecule has 5 heteroatoms. The average Bonchev–Trinajstić information content (AvgIpc) is 3.59. The molecule has 0 saturated heterocycles. The number of carbonyl (C=O) groups excluding carboxylic acids is 2. The maximum atomic E-state index is 12.5. The summed E-state index contributed by atoms with van der Waals surface area (Å²) in [6.45, 7) is 0. The standard InChI is InChI=1S/C26H16O5/c27-25(17-7-3-1-4-8-17)23-15-13-21(30-23)19-11-12-20(29-19)22-14-16-24(31-22)26(28)18-9-5-2-6-10-18/h1-16H. The van der Waals surface area contributed by atoms with Crippen molar-refractivity contribution in [1.29, 1.82) is 0 Å². The summed E-state index contributed by atoms with van der Waals surface area (Å²) in [7, 11) is 0. The summed E-state index contributed by atoms with van der Waals surface area (Å²) in [4.78, 5) is 25.1. The lowest BCUT2D eigenvalue weighted by Crippen LogP contribution is -1.98. The Kier molecular flexibility index (Phi) is 4.69. The molecule has 0 unspecified atom stereocenters. The zero-order valence-electron chi connectivity index (χ0n) is 16.3. The molecule has 3 aromatic heterocycles. The summed E-state index contributed by atoms with van der Waals surface area (Å²) in [6.07, 6.45) is 0. The van der Waals surface area contributed by atoms with E-state index in [1.165, 1.54) is 0 Å². The minimum atomic E-state index is -0.200. The second-order valence-electron chi connectivity index (χ2n) is 6.88. The third kappa shape index (κ3) is 3.65. The zero-order valence-corrected chi connectivity index (χ0v) is 16.3. The number of hydrogen-bond donors (Lipinski definition) is 0. The number of ketones is 2. The molecule has 0 N–H and O–H groups in total. The van der Waals surface area contributed by atoms with Gasteiger partial charge in [0.2, 0.25) is 11.6 Å². The highest BCUT2D eigenvalue weighted by molar-refractivity contribution is 6.07. The predicted molar refractivity (Wildman–Crippen MR) is 114 cm³/mol. The van der Waals surface area contributed by atoms with Gasteiger partial charge >= 0.3 is 0 Å². The lowest BCUT2D eigenvalue weighted by Gasteiger charge is -1.97. The summed E-state index contributed by atoms with van der Waals surface area (Å²) in [5.41, 5.74) is 1.10. The van der Waals surface area contributed by atoms with E-state index >= 15 is 0 Å². The Morgan fingerprint density at radius 3 is 1.19 bits per heavy atom. The summed E-state index contributed by atoms with van der Waals surface area (Å²) in [6, 6.07) is 27.9. The molecule has 2 aromatic carbocycles. The molecule has 5 aromatic rings. The van der Waals surface area contributed by atoms with Crippen molar-refractivity contribution in [2.45, 2.75) is 0 Å². The smallest absolute Gasteiger partial charge is 0.228 e. The molecule has 5 rings (SSSR count). The van der Waals surface area contributed by atoms with Crippen LogP contribution in [0.1, 0.15) is 32.2 Å². The second-order valence-corrected chi connectivity index (χ2v) is 6.88. The van der Waals surface area contributed by atoms with Gasteiger partial charge in [-0.2, -0.15) is 0 Å². The number of benzene rings is 2. The molecule has 0 fully saturated rings. The molecule has 0 aliphatic carbocycles. The molecule has 0 spiro atoms. The van der Waals surface area contributed by atoms with Gasteiger partial charge in [0.1, 0.15) is 0 Å². The van der Waals surface area contributed by atoms with Crippen molar-refractivity contribution in [2.24, 2.45) is 0 Å². The highest BCUT2D eigenvalue weighted by Crippen LogP contribution is 2.31. The van der Waals surface area contributed by atoms with Gasteiger partial charge in [-0.15, -0.1) is 0 Å². The summed E-state index contributed by atoms with van der Waals surface area (Å²) >= 11 is 0. The van der Waals surface area contributed by atoms with Crippen molar-refractivity contribution < 1.29 is 22.8 Å². The first-order chi connectivity index (χ1) is 15.2. The number of furan rings is 3. The van der Waals surface area contributed by atoms with Crippen LogP contribution in [0.5, 0.6) is 0 Å². The molecule has 0 aliphatic heterocycles. The Balaban J connectivity index is 1.37. The Hall–Kier alpha value is -4.38. The van der Waals surface area contributed by atoms with Crippen molar-refractivity contribution in [3.05, 3.63) is 120 Å². The SMILES string of the molecule is O=C(c1ccccc1)c1ccc(-c2ccc(-c3ccc(C(=O)c4ccccc4)o3)o2)o1. The zero-order chi connectivity index (χ0) is 21.2. The molecule has 0 saturated carbocycles. The topological polar surface area (TPSA) is 73.6 Å². The number of carbonyl (C=O) groups is 2. The van der Waals surface area contributed by atoms with Gasteiger partial charge in [-0.25, -0.2) is 0 Å². The fourth-order valence-corrected chi connectivity index (χ4v) is 3.25. The van der Waals surface area contributed by atoms with Gasteiger partial charge < -0.3 is 13.3 Å². The van der Waals surface area contributed by atoms with Crippen LogP contribution in [-0.2, 0) is 0 Å². The quantitative estimate of drug-likeness (QED) is 0.310. The maximum Gasteiger partial charge on any atom is 0.228 e. The van der Waals surface area contributed by atoms with E-state index in [4.69, 9.17) is 13.3 Å². The van der Waals surface area contributed by atoms with Crippen molar-refractivity contribution >= 4 is 11.6 Å². The van der Waals surface area contributed by atoms with E-state index in [-0.39, 0.29) is 23.1 Å². The van der Waals surface area contributed by atoms with Gasteiger partial charge in [0.15, 0.2) is 34.6 Å². The van der Waals surface area contributed by atoms with Crippen LogP contribution < -0.4 is 0 Å². The Bertz CT molecular complexity index is 1250.